The number of hydrogen-bond donors (Lipinski definition) is 1. The predicted molar refractivity (Wildman–Crippen MR) is 132 cm³/mol. The van der Waals surface area contributed by atoms with Crippen LogP contribution in [0.2, 0.25) is 5.02 Å². The SMILES string of the molecule is CCC(C(=O)Nc1nnc(SCc2ccccc2)s1)N(c1cc(Cl)ccc1C)S(C)(=O)=O. The molecule has 0 fully saturated rings. The van der Waals surface area contributed by atoms with Gasteiger partial charge in [-0.15, -0.1) is 10.2 Å². The Balaban J connectivity index is 1.77. The molecule has 2 aromatic carbocycles. The summed E-state index contributed by atoms with van der Waals surface area (Å²) in [4.78, 5) is 13.1. The molecule has 7 nitrogen and oxygen atoms in total. The van der Waals surface area contributed by atoms with Gasteiger partial charge in [0.25, 0.3) is 0 Å². The summed E-state index contributed by atoms with van der Waals surface area (Å²) in [7, 11) is -3.76. The zero-order valence-corrected chi connectivity index (χ0v) is 21.0. The Morgan fingerprint density at radius 1 is 1.22 bits per heavy atom. The molecule has 1 unspecified atom stereocenters. The lowest BCUT2D eigenvalue weighted by Crippen LogP contribution is -2.47. The van der Waals surface area contributed by atoms with Gasteiger partial charge in [0, 0.05) is 10.8 Å². The van der Waals surface area contributed by atoms with Crippen LogP contribution in [-0.4, -0.2) is 36.8 Å². The lowest BCUT2D eigenvalue weighted by Gasteiger charge is -2.31. The summed E-state index contributed by atoms with van der Waals surface area (Å²) in [6, 6.07) is 14.0. The van der Waals surface area contributed by atoms with E-state index in [-0.39, 0.29) is 6.42 Å². The summed E-state index contributed by atoms with van der Waals surface area (Å²) in [5.74, 6) is 0.254. The average Bonchev–Trinajstić information content (AvgIpc) is 3.19. The quantitative estimate of drug-likeness (QED) is 0.322. The fraction of sp³-hybridized carbons (Fsp3) is 0.286. The fourth-order valence-corrected chi connectivity index (χ4v) is 6.22. The Morgan fingerprint density at radius 2 is 1.94 bits per heavy atom. The van der Waals surface area contributed by atoms with Crippen LogP contribution in [-0.2, 0) is 20.6 Å². The summed E-state index contributed by atoms with van der Waals surface area (Å²) < 4.78 is 27.1. The molecule has 0 bridgehead atoms. The zero-order chi connectivity index (χ0) is 23.3. The summed E-state index contributed by atoms with van der Waals surface area (Å²) in [5, 5.41) is 11.6. The number of halogens is 1. The number of carbonyl (C=O) groups excluding carboxylic acids is 1. The van der Waals surface area contributed by atoms with E-state index in [2.05, 4.69) is 15.5 Å². The number of carbonyl (C=O) groups is 1. The maximum absolute atomic E-state index is 13.1. The topological polar surface area (TPSA) is 92.3 Å². The molecule has 170 valence electrons. The molecule has 0 saturated heterocycles. The summed E-state index contributed by atoms with van der Waals surface area (Å²) in [5.41, 5.74) is 2.23. The molecular formula is C21H23ClN4O3S3. The highest BCUT2D eigenvalue weighted by atomic mass is 35.5. The molecule has 32 heavy (non-hydrogen) atoms. The molecule has 3 rings (SSSR count). The first-order valence-corrected chi connectivity index (χ1v) is 13.8. The van der Waals surface area contributed by atoms with Crippen molar-refractivity contribution in [2.75, 3.05) is 15.9 Å². The first-order chi connectivity index (χ1) is 15.2. The number of sulfonamides is 1. The smallest absolute Gasteiger partial charge is 0.250 e. The number of thioether (sulfide) groups is 1. The lowest BCUT2D eigenvalue weighted by molar-refractivity contribution is -0.117. The van der Waals surface area contributed by atoms with Crippen molar-refractivity contribution in [3.05, 3.63) is 64.7 Å². The van der Waals surface area contributed by atoms with Crippen molar-refractivity contribution < 1.29 is 13.2 Å². The van der Waals surface area contributed by atoms with Gasteiger partial charge in [0.15, 0.2) is 4.34 Å². The molecule has 0 spiro atoms. The van der Waals surface area contributed by atoms with Crippen molar-refractivity contribution in [2.24, 2.45) is 0 Å². The van der Waals surface area contributed by atoms with Gasteiger partial charge in [-0.3, -0.25) is 14.4 Å². The standard InChI is InChI=1S/C21H23ClN4O3S3/c1-4-17(26(32(3,28)29)18-12-16(22)11-10-14(18)2)19(27)23-20-24-25-21(31-20)30-13-15-8-6-5-7-9-15/h5-12,17H,4,13H2,1-3H3,(H,23,24,27). The van der Waals surface area contributed by atoms with E-state index in [9.17, 15) is 13.2 Å². The van der Waals surface area contributed by atoms with Gasteiger partial charge in [-0.1, -0.05) is 78.0 Å². The third-order valence-electron chi connectivity index (χ3n) is 4.58. The minimum absolute atomic E-state index is 0.263. The Hall–Kier alpha value is -2.14. The second-order valence-corrected chi connectivity index (χ2v) is 11.5. The zero-order valence-electron chi connectivity index (χ0n) is 17.8. The molecular weight excluding hydrogens is 488 g/mol. The van der Waals surface area contributed by atoms with Crippen molar-refractivity contribution >= 4 is 61.4 Å². The Labute approximate surface area is 201 Å². The molecule has 0 aliphatic carbocycles. The third kappa shape index (κ3) is 6.22. The number of nitrogens with zero attached hydrogens (tertiary/aromatic N) is 3. The van der Waals surface area contributed by atoms with E-state index in [4.69, 9.17) is 11.6 Å². The number of aryl methyl sites for hydroxylation is 1. The van der Waals surface area contributed by atoms with Crippen LogP contribution in [0, 0.1) is 6.92 Å². The van der Waals surface area contributed by atoms with Gasteiger partial charge < -0.3 is 0 Å². The van der Waals surface area contributed by atoms with Crippen molar-refractivity contribution in [1.29, 1.82) is 0 Å². The molecule has 1 atom stereocenters. The minimum Gasteiger partial charge on any atom is -0.299 e. The molecule has 0 radical (unpaired) electrons. The second-order valence-electron chi connectivity index (χ2n) is 7.05. The summed E-state index contributed by atoms with van der Waals surface area (Å²) in [6.07, 6.45) is 1.34. The summed E-state index contributed by atoms with van der Waals surface area (Å²) in [6.45, 7) is 3.53. The lowest BCUT2D eigenvalue weighted by atomic mass is 10.1. The van der Waals surface area contributed by atoms with Crippen LogP contribution in [0.1, 0.15) is 24.5 Å². The number of nitrogens with one attached hydrogen (secondary N) is 1. The van der Waals surface area contributed by atoms with Crippen molar-refractivity contribution in [3.8, 4) is 0 Å². The number of benzene rings is 2. The Bertz CT molecular complexity index is 1190. The van der Waals surface area contributed by atoms with Gasteiger partial charge in [-0.05, 0) is 36.6 Å². The molecule has 0 saturated carbocycles. The van der Waals surface area contributed by atoms with E-state index in [1.807, 2.05) is 30.3 Å². The van der Waals surface area contributed by atoms with Gasteiger partial charge in [-0.2, -0.15) is 0 Å². The van der Waals surface area contributed by atoms with Gasteiger partial charge in [0.2, 0.25) is 21.1 Å². The highest BCUT2D eigenvalue weighted by molar-refractivity contribution is 8.00. The highest BCUT2D eigenvalue weighted by Crippen LogP contribution is 2.31. The van der Waals surface area contributed by atoms with Gasteiger partial charge in [0.05, 0.1) is 11.9 Å². The average molecular weight is 511 g/mol. The second kappa shape index (κ2) is 10.7. The monoisotopic (exact) mass is 510 g/mol. The molecule has 0 aliphatic heterocycles. The van der Waals surface area contributed by atoms with Gasteiger partial charge in [0.1, 0.15) is 6.04 Å². The maximum Gasteiger partial charge on any atom is 0.250 e. The number of anilines is 2. The Kier molecular flexibility index (Phi) is 8.16. The van der Waals surface area contributed by atoms with Crippen LogP contribution in [0.15, 0.2) is 52.9 Å². The van der Waals surface area contributed by atoms with Crippen LogP contribution in [0.3, 0.4) is 0 Å². The first-order valence-electron chi connectivity index (χ1n) is 9.75. The molecule has 11 heteroatoms. The Morgan fingerprint density at radius 3 is 2.59 bits per heavy atom. The number of aromatic nitrogens is 2. The van der Waals surface area contributed by atoms with Crippen molar-refractivity contribution in [2.45, 2.75) is 36.4 Å². The van der Waals surface area contributed by atoms with Gasteiger partial charge >= 0.3 is 0 Å². The van der Waals surface area contributed by atoms with E-state index < -0.39 is 22.0 Å². The number of hydrogen-bond acceptors (Lipinski definition) is 7. The van der Waals surface area contributed by atoms with E-state index >= 15 is 0 Å². The van der Waals surface area contributed by atoms with Crippen molar-refractivity contribution in [1.82, 2.24) is 10.2 Å². The van der Waals surface area contributed by atoms with Crippen LogP contribution < -0.4 is 9.62 Å². The van der Waals surface area contributed by atoms with E-state index in [0.29, 0.717) is 25.7 Å². The molecule has 3 aromatic rings. The van der Waals surface area contributed by atoms with E-state index in [1.165, 1.54) is 23.1 Å². The maximum atomic E-state index is 13.1. The molecule has 1 N–H and O–H groups in total. The van der Waals surface area contributed by atoms with Crippen LogP contribution in [0.25, 0.3) is 0 Å². The van der Waals surface area contributed by atoms with Crippen molar-refractivity contribution in [3.63, 3.8) is 0 Å². The largest absolute Gasteiger partial charge is 0.299 e. The normalized spacial score (nSPS) is 12.4. The molecule has 1 heterocycles. The minimum atomic E-state index is -3.76. The predicted octanol–water partition coefficient (Wildman–Crippen LogP) is 4.98. The number of rotatable bonds is 9. The van der Waals surface area contributed by atoms with Gasteiger partial charge in [-0.25, -0.2) is 8.42 Å². The van der Waals surface area contributed by atoms with Crippen LogP contribution in [0.4, 0.5) is 10.8 Å². The summed E-state index contributed by atoms with van der Waals surface area (Å²) >= 11 is 8.87. The van der Waals surface area contributed by atoms with Crippen LogP contribution >= 0.6 is 34.7 Å². The van der Waals surface area contributed by atoms with Crippen LogP contribution in [0.5, 0.6) is 0 Å². The number of amides is 1. The molecule has 0 aliphatic rings. The molecule has 1 aromatic heterocycles. The van der Waals surface area contributed by atoms with E-state index in [1.54, 1.807) is 32.0 Å². The molecule has 1 amide bonds. The van der Waals surface area contributed by atoms with E-state index in [0.717, 1.165) is 21.9 Å². The third-order valence-corrected chi connectivity index (χ3v) is 8.02. The first kappa shape index (κ1) is 24.5. The highest BCUT2D eigenvalue weighted by Gasteiger charge is 2.33. The fourth-order valence-electron chi connectivity index (χ4n) is 3.08.